The van der Waals surface area contributed by atoms with Crippen molar-refractivity contribution in [3.63, 3.8) is 0 Å². The fourth-order valence-corrected chi connectivity index (χ4v) is 7.53. The monoisotopic (exact) mass is 661 g/mol. The fourth-order valence-electron chi connectivity index (χ4n) is 7.53. The number of aromatic nitrogens is 3. The summed E-state index contributed by atoms with van der Waals surface area (Å²) in [4.78, 5) is 15.5. The van der Waals surface area contributed by atoms with Crippen LogP contribution in [-0.2, 0) is 0 Å². The zero-order valence-electron chi connectivity index (χ0n) is 28.2. The molecule has 2 heterocycles. The van der Waals surface area contributed by atoms with Crippen LogP contribution in [-0.4, -0.2) is 15.0 Å². The SMILES string of the molecule is c1ccc(-c2cccc(-c3nc(-c4cccc(-c5cccc(-c6nc7ccccc7c7c6ccc6ccccc67)c5)c4)c4ccccc4n3)c2)cc1. The van der Waals surface area contributed by atoms with Crippen molar-refractivity contribution in [2.24, 2.45) is 0 Å². The molecule has 52 heavy (non-hydrogen) atoms. The van der Waals surface area contributed by atoms with Crippen molar-refractivity contribution >= 4 is 43.4 Å². The first-order valence-electron chi connectivity index (χ1n) is 17.6. The molecule has 2 aromatic heterocycles. The zero-order valence-corrected chi connectivity index (χ0v) is 28.2. The molecule has 10 aromatic rings. The highest BCUT2D eigenvalue weighted by atomic mass is 14.9. The Morgan fingerprint density at radius 2 is 0.769 bits per heavy atom. The molecule has 0 aliphatic carbocycles. The second-order valence-corrected chi connectivity index (χ2v) is 13.2. The van der Waals surface area contributed by atoms with Gasteiger partial charge in [-0.15, -0.1) is 0 Å². The molecular formula is C49H31N3. The number of para-hydroxylation sites is 2. The van der Waals surface area contributed by atoms with Crippen LogP contribution in [0.5, 0.6) is 0 Å². The molecule has 3 nitrogen and oxygen atoms in total. The van der Waals surface area contributed by atoms with Crippen molar-refractivity contribution in [3.05, 3.63) is 188 Å². The van der Waals surface area contributed by atoms with Gasteiger partial charge in [-0.1, -0.05) is 158 Å². The molecule has 0 spiro atoms. The Morgan fingerprint density at radius 1 is 0.269 bits per heavy atom. The summed E-state index contributed by atoms with van der Waals surface area (Å²) >= 11 is 0. The third kappa shape index (κ3) is 5.19. The molecule has 0 saturated carbocycles. The topological polar surface area (TPSA) is 38.7 Å². The summed E-state index contributed by atoms with van der Waals surface area (Å²) in [6.45, 7) is 0. The number of hydrogen-bond acceptors (Lipinski definition) is 3. The maximum atomic E-state index is 5.26. The van der Waals surface area contributed by atoms with E-state index in [1.807, 2.05) is 12.1 Å². The van der Waals surface area contributed by atoms with Crippen LogP contribution in [0.3, 0.4) is 0 Å². The van der Waals surface area contributed by atoms with Gasteiger partial charge in [-0.05, 0) is 63.4 Å². The number of fused-ring (bicyclic) bond motifs is 6. The lowest BCUT2D eigenvalue weighted by Gasteiger charge is -2.14. The predicted molar refractivity (Wildman–Crippen MR) is 217 cm³/mol. The van der Waals surface area contributed by atoms with Gasteiger partial charge in [0.2, 0.25) is 0 Å². The average Bonchev–Trinajstić information content (AvgIpc) is 3.23. The van der Waals surface area contributed by atoms with Gasteiger partial charge >= 0.3 is 0 Å². The van der Waals surface area contributed by atoms with E-state index in [0.717, 1.165) is 66.6 Å². The maximum absolute atomic E-state index is 5.26. The molecule has 242 valence electrons. The number of pyridine rings is 1. The van der Waals surface area contributed by atoms with Crippen LogP contribution < -0.4 is 0 Å². The Kier molecular flexibility index (Phi) is 7.14. The second-order valence-electron chi connectivity index (χ2n) is 13.2. The second kappa shape index (κ2) is 12.4. The van der Waals surface area contributed by atoms with E-state index in [9.17, 15) is 0 Å². The third-order valence-electron chi connectivity index (χ3n) is 10.0. The average molecular weight is 662 g/mol. The van der Waals surface area contributed by atoms with E-state index < -0.39 is 0 Å². The lowest BCUT2D eigenvalue weighted by atomic mass is 9.93. The summed E-state index contributed by atoms with van der Waals surface area (Å²) in [7, 11) is 0. The molecular weight excluding hydrogens is 631 g/mol. The molecule has 0 amide bonds. The van der Waals surface area contributed by atoms with Crippen molar-refractivity contribution in [1.82, 2.24) is 15.0 Å². The quantitative estimate of drug-likeness (QED) is 0.172. The predicted octanol–water partition coefficient (Wildman–Crippen LogP) is 12.8. The van der Waals surface area contributed by atoms with Crippen LogP contribution in [0, 0.1) is 0 Å². The van der Waals surface area contributed by atoms with E-state index in [2.05, 4.69) is 176 Å². The van der Waals surface area contributed by atoms with Gasteiger partial charge in [-0.2, -0.15) is 0 Å². The number of hydrogen-bond donors (Lipinski definition) is 0. The molecule has 0 saturated heterocycles. The van der Waals surface area contributed by atoms with Crippen molar-refractivity contribution in [1.29, 1.82) is 0 Å². The van der Waals surface area contributed by atoms with Crippen LogP contribution in [0.1, 0.15) is 0 Å². The fraction of sp³-hybridized carbons (Fsp3) is 0. The van der Waals surface area contributed by atoms with E-state index in [4.69, 9.17) is 15.0 Å². The third-order valence-corrected chi connectivity index (χ3v) is 10.0. The van der Waals surface area contributed by atoms with Crippen LogP contribution >= 0.6 is 0 Å². The Labute approximate surface area is 301 Å². The van der Waals surface area contributed by atoms with Crippen molar-refractivity contribution < 1.29 is 0 Å². The summed E-state index contributed by atoms with van der Waals surface area (Å²) in [5.74, 6) is 0.709. The molecule has 0 atom stereocenters. The maximum Gasteiger partial charge on any atom is 0.160 e. The van der Waals surface area contributed by atoms with Gasteiger partial charge in [-0.25, -0.2) is 15.0 Å². The van der Waals surface area contributed by atoms with E-state index >= 15 is 0 Å². The molecule has 0 aliphatic rings. The Bertz CT molecular complexity index is 2950. The van der Waals surface area contributed by atoms with Crippen LogP contribution in [0.2, 0.25) is 0 Å². The smallest absolute Gasteiger partial charge is 0.160 e. The van der Waals surface area contributed by atoms with Gasteiger partial charge < -0.3 is 0 Å². The van der Waals surface area contributed by atoms with Gasteiger partial charge in [0.05, 0.1) is 22.4 Å². The highest BCUT2D eigenvalue weighted by molar-refractivity contribution is 6.22. The largest absolute Gasteiger partial charge is 0.247 e. The van der Waals surface area contributed by atoms with E-state index in [-0.39, 0.29) is 0 Å². The molecule has 0 aliphatic heterocycles. The van der Waals surface area contributed by atoms with E-state index in [0.29, 0.717) is 5.82 Å². The molecule has 0 fully saturated rings. The van der Waals surface area contributed by atoms with Gasteiger partial charge in [0.1, 0.15) is 0 Å². The number of rotatable bonds is 5. The van der Waals surface area contributed by atoms with Crippen LogP contribution in [0.25, 0.3) is 99.5 Å². The van der Waals surface area contributed by atoms with E-state index in [1.54, 1.807) is 0 Å². The minimum atomic E-state index is 0.709. The van der Waals surface area contributed by atoms with Crippen molar-refractivity contribution in [3.8, 4) is 56.2 Å². The van der Waals surface area contributed by atoms with Gasteiger partial charge in [-0.3, -0.25) is 0 Å². The summed E-state index contributed by atoms with van der Waals surface area (Å²) in [6, 6.07) is 66.2. The molecule has 0 N–H and O–H groups in total. The summed E-state index contributed by atoms with van der Waals surface area (Å²) in [5.41, 5.74) is 11.5. The molecule has 0 unspecified atom stereocenters. The zero-order chi connectivity index (χ0) is 34.4. The van der Waals surface area contributed by atoms with Crippen LogP contribution in [0.4, 0.5) is 0 Å². The minimum Gasteiger partial charge on any atom is -0.247 e. The summed E-state index contributed by atoms with van der Waals surface area (Å²) in [6.07, 6.45) is 0. The molecule has 0 bridgehead atoms. The standard InChI is InChI=1S/C49H31N3/c1-2-13-32(14-3-1)34-16-12-21-39(31-34)49-51-45-26-9-7-24-42(45)47(52-49)37-19-10-17-35(29-37)36-18-11-20-38(30-36)48-43-28-27-33-15-4-5-22-40(33)46(43)41-23-6-8-25-44(41)50-48/h1-31H. The first kappa shape index (κ1) is 29.9. The normalized spacial score (nSPS) is 11.5. The van der Waals surface area contributed by atoms with Crippen molar-refractivity contribution in [2.45, 2.75) is 0 Å². The van der Waals surface area contributed by atoms with Gasteiger partial charge in [0, 0.05) is 38.2 Å². The molecule has 8 aromatic carbocycles. The molecule has 3 heteroatoms. The first-order chi connectivity index (χ1) is 25.8. The van der Waals surface area contributed by atoms with Crippen LogP contribution in [0.15, 0.2) is 188 Å². The highest BCUT2D eigenvalue weighted by Crippen LogP contribution is 2.39. The van der Waals surface area contributed by atoms with Gasteiger partial charge in [0.15, 0.2) is 5.82 Å². The molecule has 0 radical (unpaired) electrons. The van der Waals surface area contributed by atoms with Crippen molar-refractivity contribution in [2.75, 3.05) is 0 Å². The number of benzene rings is 8. The number of nitrogens with zero attached hydrogens (tertiary/aromatic N) is 3. The Balaban J connectivity index is 1.10. The van der Waals surface area contributed by atoms with E-state index in [1.165, 1.54) is 27.1 Å². The summed E-state index contributed by atoms with van der Waals surface area (Å²) < 4.78 is 0. The summed E-state index contributed by atoms with van der Waals surface area (Å²) in [5, 5.41) is 7.06. The Hall–Kier alpha value is -6.97. The lowest BCUT2D eigenvalue weighted by Crippen LogP contribution is -1.96. The van der Waals surface area contributed by atoms with Gasteiger partial charge in [0.25, 0.3) is 0 Å². The lowest BCUT2D eigenvalue weighted by molar-refractivity contribution is 1.23. The molecule has 10 rings (SSSR count). The first-order valence-corrected chi connectivity index (χ1v) is 17.6. The Morgan fingerprint density at radius 3 is 1.50 bits per heavy atom. The highest BCUT2D eigenvalue weighted by Gasteiger charge is 2.16. The minimum absolute atomic E-state index is 0.709.